The van der Waals surface area contributed by atoms with Crippen molar-refractivity contribution in [2.24, 2.45) is 0 Å². The van der Waals surface area contributed by atoms with Crippen LogP contribution in [0.4, 0.5) is 8.78 Å². The number of Topliss-reactive ketones (excluding diaryl/α,β-unsaturated/α-hetero) is 1. The van der Waals surface area contributed by atoms with E-state index in [1.165, 1.54) is 0 Å². The van der Waals surface area contributed by atoms with Crippen molar-refractivity contribution in [1.82, 2.24) is 4.57 Å². The molecule has 1 aliphatic rings. The van der Waals surface area contributed by atoms with Crippen LogP contribution in [-0.4, -0.2) is 43.9 Å². The van der Waals surface area contributed by atoms with Gasteiger partial charge in [0.25, 0.3) is 0 Å². The van der Waals surface area contributed by atoms with E-state index >= 15 is 0 Å². The molecule has 8 nitrogen and oxygen atoms in total. The van der Waals surface area contributed by atoms with Crippen LogP contribution in [0, 0.1) is 13.8 Å². The molecule has 0 amide bonds. The number of aromatic nitrogens is 1. The summed E-state index contributed by atoms with van der Waals surface area (Å²) in [5.41, 5.74) is 2.48. The van der Waals surface area contributed by atoms with Crippen molar-refractivity contribution in [3.8, 4) is 17.2 Å². The fourth-order valence-corrected chi connectivity index (χ4v) is 4.36. The predicted octanol–water partition coefficient (Wildman–Crippen LogP) is 3.86. The molecule has 178 valence electrons. The van der Waals surface area contributed by atoms with Gasteiger partial charge in [-0.3, -0.25) is 4.79 Å². The summed E-state index contributed by atoms with van der Waals surface area (Å²) in [4.78, 5) is 24.4. The van der Waals surface area contributed by atoms with Gasteiger partial charge < -0.3 is 18.8 Å². The Morgan fingerprint density at radius 3 is 2.38 bits per heavy atom. The van der Waals surface area contributed by atoms with E-state index < -0.39 is 38.8 Å². The second kappa shape index (κ2) is 8.90. The quantitative estimate of drug-likeness (QED) is 0.365. The summed E-state index contributed by atoms with van der Waals surface area (Å²) in [6.07, 6.45) is 0. The van der Waals surface area contributed by atoms with Gasteiger partial charge in [0, 0.05) is 28.7 Å². The Kier molecular flexibility index (Phi) is 6.13. The first-order valence-electron chi connectivity index (χ1n) is 10.0. The van der Waals surface area contributed by atoms with Crippen LogP contribution in [0.2, 0.25) is 0 Å². The van der Waals surface area contributed by atoms with Crippen LogP contribution in [0.1, 0.15) is 32.1 Å². The van der Waals surface area contributed by atoms with E-state index in [0.29, 0.717) is 22.8 Å². The fraction of sp³-hybridized carbons (Fsp3) is 0.217. The highest BCUT2D eigenvalue weighted by atomic mass is 32.2. The summed E-state index contributed by atoms with van der Waals surface area (Å²) in [6.45, 7) is 3.17. The lowest BCUT2D eigenvalue weighted by atomic mass is 10.1. The van der Waals surface area contributed by atoms with Gasteiger partial charge in [-0.1, -0.05) is 0 Å². The normalized spacial score (nSPS) is 12.7. The molecule has 0 spiro atoms. The number of hydrogen-bond acceptors (Lipinski definition) is 7. The Bertz CT molecular complexity index is 1380. The van der Waals surface area contributed by atoms with Crippen molar-refractivity contribution < 1.29 is 41.0 Å². The highest BCUT2D eigenvalue weighted by Crippen LogP contribution is 2.35. The first-order valence-corrected chi connectivity index (χ1v) is 11.6. The molecule has 0 N–H and O–H groups in total. The van der Waals surface area contributed by atoms with Gasteiger partial charge in [-0.15, -0.1) is 0 Å². The number of fused-ring (bicyclic) bond motifs is 1. The molecule has 34 heavy (non-hydrogen) atoms. The zero-order chi connectivity index (χ0) is 24.6. The Hall–Kier alpha value is -3.73. The molecule has 4 rings (SSSR count). The minimum absolute atomic E-state index is 0.0770. The molecular weight excluding hydrogens is 472 g/mol. The third kappa shape index (κ3) is 4.26. The van der Waals surface area contributed by atoms with E-state index in [0.717, 1.165) is 35.6 Å². The lowest BCUT2D eigenvalue weighted by Gasteiger charge is -2.11. The SMILES string of the molecule is Cc1cc(C(=O)COC(=O)c2ccc(S(=O)(=O)C(F)F)cc2)c(C)n1-c1ccc2c(c1)OCO2. The van der Waals surface area contributed by atoms with Crippen molar-refractivity contribution in [2.75, 3.05) is 13.4 Å². The van der Waals surface area contributed by atoms with Crippen molar-refractivity contribution in [1.29, 1.82) is 0 Å². The smallest absolute Gasteiger partial charge is 0.341 e. The number of alkyl halides is 2. The van der Waals surface area contributed by atoms with Crippen molar-refractivity contribution in [2.45, 2.75) is 24.5 Å². The van der Waals surface area contributed by atoms with Gasteiger partial charge in [-0.2, -0.15) is 8.78 Å². The molecule has 0 saturated heterocycles. The van der Waals surface area contributed by atoms with Gasteiger partial charge in [-0.05, 0) is 56.3 Å². The molecule has 0 bridgehead atoms. The number of esters is 1. The van der Waals surface area contributed by atoms with Crippen LogP contribution in [0.5, 0.6) is 11.5 Å². The van der Waals surface area contributed by atoms with Crippen LogP contribution in [0.25, 0.3) is 5.69 Å². The largest absolute Gasteiger partial charge is 0.454 e. The van der Waals surface area contributed by atoms with Gasteiger partial charge in [0.2, 0.25) is 22.4 Å². The first kappa shape index (κ1) is 23.4. The second-order valence-corrected chi connectivity index (χ2v) is 9.40. The van der Waals surface area contributed by atoms with E-state index in [1.54, 1.807) is 25.1 Å². The lowest BCUT2D eigenvalue weighted by Crippen LogP contribution is -2.15. The molecule has 0 aliphatic carbocycles. The third-order valence-electron chi connectivity index (χ3n) is 5.33. The highest BCUT2D eigenvalue weighted by Gasteiger charge is 2.27. The number of rotatable bonds is 7. The fourth-order valence-electron chi connectivity index (χ4n) is 3.64. The molecule has 11 heteroatoms. The van der Waals surface area contributed by atoms with E-state index in [1.807, 2.05) is 17.6 Å². The molecule has 0 saturated carbocycles. The van der Waals surface area contributed by atoms with Crippen molar-refractivity contribution >= 4 is 21.6 Å². The van der Waals surface area contributed by atoms with Crippen LogP contribution < -0.4 is 9.47 Å². The number of nitrogens with zero attached hydrogens (tertiary/aromatic N) is 1. The summed E-state index contributed by atoms with van der Waals surface area (Å²) in [5.74, 6) is -3.67. The number of ether oxygens (including phenoxy) is 3. The van der Waals surface area contributed by atoms with Gasteiger partial charge in [0.1, 0.15) is 0 Å². The first-order chi connectivity index (χ1) is 16.1. The monoisotopic (exact) mass is 491 g/mol. The molecule has 0 unspecified atom stereocenters. The number of hydrogen-bond donors (Lipinski definition) is 0. The summed E-state index contributed by atoms with van der Waals surface area (Å²) >= 11 is 0. The van der Waals surface area contributed by atoms with E-state index in [-0.39, 0.29) is 12.4 Å². The van der Waals surface area contributed by atoms with E-state index in [9.17, 15) is 26.8 Å². The minimum Gasteiger partial charge on any atom is -0.454 e. The number of halogens is 2. The van der Waals surface area contributed by atoms with Gasteiger partial charge in [-0.25, -0.2) is 13.2 Å². The summed E-state index contributed by atoms with van der Waals surface area (Å²) in [5, 5.41) is 0. The maximum atomic E-state index is 12.7. The predicted molar refractivity (Wildman–Crippen MR) is 116 cm³/mol. The minimum atomic E-state index is -4.77. The average Bonchev–Trinajstić information content (AvgIpc) is 3.40. The standard InChI is InChI=1S/C23H19F2NO7S/c1-13-9-18(14(2)26(13)16-5-8-20-21(10-16)33-12-32-20)19(27)11-31-22(28)15-3-6-17(7-4-15)34(29,30)23(24)25/h3-10,23H,11-12H2,1-2H3. The topological polar surface area (TPSA) is 101 Å². The molecular formula is C23H19F2NO7S. The van der Waals surface area contributed by atoms with E-state index in [4.69, 9.17) is 14.2 Å². The Morgan fingerprint density at radius 1 is 1.03 bits per heavy atom. The molecule has 2 aromatic carbocycles. The zero-order valence-electron chi connectivity index (χ0n) is 18.1. The van der Waals surface area contributed by atoms with Gasteiger partial charge >= 0.3 is 11.7 Å². The van der Waals surface area contributed by atoms with Crippen LogP contribution in [-0.2, 0) is 14.6 Å². The zero-order valence-corrected chi connectivity index (χ0v) is 18.9. The summed E-state index contributed by atoms with van der Waals surface area (Å²) in [7, 11) is -4.77. The Labute approximate surface area is 193 Å². The lowest BCUT2D eigenvalue weighted by molar-refractivity contribution is 0.0474. The maximum absolute atomic E-state index is 12.7. The van der Waals surface area contributed by atoms with Gasteiger partial charge in [0.05, 0.1) is 10.5 Å². The molecule has 0 atom stereocenters. The molecule has 1 aliphatic heterocycles. The number of sulfone groups is 1. The number of aryl methyl sites for hydroxylation is 1. The number of ketones is 1. The number of benzene rings is 2. The number of carbonyl (C=O) groups is 2. The second-order valence-electron chi connectivity index (χ2n) is 7.49. The molecule has 3 aromatic rings. The maximum Gasteiger partial charge on any atom is 0.341 e. The molecule has 1 aromatic heterocycles. The Balaban J connectivity index is 1.46. The van der Waals surface area contributed by atoms with Crippen LogP contribution in [0.15, 0.2) is 53.4 Å². The third-order valence-corrected chi connectivity index (χ3v) is 6.73. The average molecular weight is 491 g/mol. The molecule has 0 fully saturated rings. The van der Waals surface area contributed by atoms with E-state index in [2.05, 4.69) is 0 Å². The number of carbonyl (C=O) groups excluding carboxylic acids is 2. The summed E-state index contributed by atoms with van der Waals surface area (Å²) < 4.78 is 65.9. The van der Waals surface area contributed by atoms with Crippen LogP contribution >= 0.6 is 0 Å². The van der Waals surface area contributed by atoms with Crippen molar-refractivity contribution in [3.63, 3.8) is 0 Å². The van der Waals surface area contributed by atoms with Gasteiger partial charge in [0.15, 0.2) is 18.1 Å². The molecule has 2 heterocycles. The Morgan fingerprint density at radius 2 is 1.71 bits per heavy atom. The van der Waals surface area contributed by atoms with Crippen LogP contribution in [0.3, 0.4) is 0 Å². The molecule has 0 radical (unpaired) electrons. The highest BCUT2D eigenvalue weighted by molar-refractivity contribution is 7.91. The van der Waals surface area contributed by atoms with Crippen molar-refractivity contribution in [3.05, 3.63) is 71.0 Å². The summed E-state index contributed by atoms with van der Waals surface area (Å²) in [6, 6.07) is 11.0.